The quantitative estimate of drug-likeness (QED) is 0.869. The minimum absolute atomic E-state index is 0.0248. The zero-order chi connectivity index (χ0) is 19.1. The maximum Gasteiger partial charge on any atom is 0.250 e. The Balaban J connectivity index is 1.86. The number of nitrogens with zero attached hydrogens (tertiary/aromatic N) is 3. The van der Waals surface area contributed by atoms with Crippen LogP contribution in [0.1, 0.15) is 66.7 Å². The molecule has 2 aliphatic heterocycles. The predicted octanol–water partition coefficient (Wildman–Crippen LogP) is 2.64. The number of carbonyl (C=O) groups is 2. The van der Waals surface area contributed by atoms with Crippen LogP contribution < -0.4 is 16.0 Å². The molecule has 7 nitrogen and oxygen atoms in total. The maximum absolute atomic E-state index is 12.4. The van der Waals surface area contributed by atoms with E-state index >= 15 is 0 Å². The molecule has 0 radical (unpaired) electrons. The summed E-state index contributed by atoms with van der Waals surface area (Å²) in [5, 5.41) is 2.98. The zero-order valence-corrected chi connectivity index (χ0v) is 15.7. The highest BCUT2D eigenvalue weighted by Gasteiger charge is 2.32. The Kier molecular flexibility index (Phi) is 4.37. The molecule has 0 saturated carbocycles. The molecular weight excluding hydrogens is 342 g/mol. The van der Waals surface area contributed by atoms with Crippen molar-refractivity contribution in [2.24, 2.45) is 5.73 Å². The molecule has 1 aromatic carbocycles. The molecular formula is C20H25N5O2. The number of amides is 2. The molecule has 3 N–H and O–H groups in total. The van der Waals surface area contributed by atoms with Gasteiger partial charge in [-0.2, -0.15) is 0 Å². The average Bonchev–Trinajstić information content (AvgIpc) is 3.31. The molecule has 2 aliphatic rings. The number of carbonyl (C=O) groups excluding carboxylic acids is 2. The molecule has 1 aromatic heterocycles. The van der Waals surface area contributed by atoms with Crippen LogP contribution in [-0.4, -0.2) is 34.5 Å². The van der Waals surface area contributed by atoms with Crippen molar-refractivity contribution in [1.29, 1.82) is 0 Å². The highest BCUT2D eigenvalue weighted by molar-refractivity contribution is 6.03. The summed E-state index contributed by atoms with van der Waals surface area (Å²) < 4.78 is 2.07. The second-order valence-electron chi connectivity index (χ2n) is 7.64. The molecule has 1 unspecified atom stereocenters. The third kappa shape index (κ3) is 3.07. The first kappa shape index (κ1) is 17.6. The van der Waals surface area contributed by atoms with Crippen molar-refractivity contribution in [2.75, 3.05) is 23.3 Å². The van der Waals surface area contributed by atoms with Crippen LogP contribution in [0.25, 0.3) is 0 Å². The molecule has 2 amide bonds. The predicted molar refractivity (Wildman–Crippen MR) is 104 cm³/mol. The first-order valence-electron chi connectivity index (χ1n) is 9.50. The lowest BCUT2D eigenvalue weighted by atomic mass is 9.86. The number of imidazole rings is 1. The van der Waals surface area contributed by atoms with Gasteiger partial charge in [-0.15, -0.1) is 0 Å². The van der Waals surface area contributed by atoms with Gasteiger partial charge in [-0.1, -0.05) is 0 Å². The van der Waals surface area contributed by atoms with E-state index in [1.165, 1.54) is 0 Å². The van der Waals surface area contributed by atoms with E-state index < -0.39 is 5.91 Å². The van der Waals surface area contributed by atoms with Crippen LogP contribution in [0.5, 0.6) is 0 Å². The fourth-order valence-corrected chi connectivity index (χ4v) is 4.20. The van der Waals surface area contributed by atoms with Crippen LogP contribution in [0, 0.1) is 0 Å². The molecule has 1 fully saturated rings. The summed E-state index contributed by atoms with van der Waals surface area (Å²) in [7, 11) is 0. The number of aromatic nitrogens is 2. The Morgan fingerprint density at radius 2 is 2.04 bits per heavy atom. The molecule has 0 aliphatic carbocycles. The maximum atomic E-state index is 12.4. The summed E-state index contributed by atoms with van der Waals surface area (Å²) in [6.45, 7) is 5.97. The van der Waals surface area contributed by atoms with Crippen molar-refractivity contribution < 1.29 is 9.59 Å². The third-order valence-corrected chi connectivity index (χ3v) is 5.53. The van der Waals surface area contributed by atoms with E-state index in [1.807, 2.05) is 18.3 Å². The number of anilines is 2. The van der Waals surface area contributed by atoms with E-state index in [-0.39, 0.29) is 17.9 Å². The van der Waals surface area contributed by atoms with Crippen LogP contribution in [0.3, 0.4) is 0 Å². The van der Waals surface area contributed by atoms with E-state index in [4.69, 9.17) is 5.73 Å². The Morgan fingerprint density at radius 1 is 1.30 bits per heavy atom. The largest absolute Gasteiger partial charge is 0.371 e. The first-order chi connectivity index (χ1) is 13.0. The van der Waals surface area contributed by atoms with Gasteiger partial charge in [0, 0.05) is 49.0 Å². The second kappa shape index (κ2) is 6.72. The van der Waals surface area contributed by atoms with Crippen LogP contribution in [0.4, 0.5) is 11.4 Å². The van der Waals surface area contributed by atoms with Crippen molar-refractivity contribution in [1.82, 2.24) is 9.55 Å². The minimum atomic E-state index is -0.437. The monoisotopic (exact) mass is 367 g/mol. The number of benzene rings is 1. The fraction of sp³-hybridized carbons (Fsp3) is 0.450. The highest BCUT2D eigenvalue weighted by atomic mass is 16.2. The number of hydrogen-bond acceptors (Lipinski definition) is 4. The van der Waals surface area contributed by atoms with E-state index in [2.05, 4.69) is 33.6 Å². The number of nitrogens with two attached hydrogens (primary N) is 1. The molecule has 3 heterocycles. The minimum Gasteiger partial charge on any atom is -0.371 e. The Morgan fingerprint density at radius 3 is 2.70 bits per heavy atom. The number of fused-ring (bicyclic) bond motifs is 1. The van der Waals surface area contributed by atoms with Gasteiger partial charge in [0.2, 0.25) is 5.91 Å². The van der Waals surface area contributed by atoms with Gasteiger partial charge in [0.1, 0.15) is 0 Å². The van der Waals surface area contributed by atoms with Gasteiger partial charge in [-0.05, 0) is 44.4 Å². The van der Waals surface area contributed by atoms with Gasteiger partial charge in [0.15, 0.2) is 0 Å². The summed E-state index contributed by atoms with van der Waals surface area (Å²) in [6.07, 6.45) is 6.12. The van der Waals surface area contributed by atoms with Gasteiger partial charge in [0.05, 0.1) is 17.6 Å². The smallest absolute Gasteiger partial charge is 0.250 e. The van der Waals surface area contributed by atoms with Crippen LogP contribution in [0.2, 0.25) is 0 Å². The topological polar surface area (TPSA) is 93.2 Å². The molecule has 4 rings (SSSR count). The fourth-order valence-electron chi connectivity index (χ4n) is 4.20. The lowest BCUT2D eigenvalue weighted by Crippen LogP contribution is -2.28. The van der Waals surface area contributed by atoms with E-state index in [0.717, 1.165) is 48.6 Å². The standard InChI is InChI=1S/C20H25N5O2/c1-12(2)25-11-22-10-18(25)14-8-19(26)23-16-9-17(24-5-3-4-6-24)15(20(21)27)7-13(14)16/h7,9-12,14H,3-6,8H2,1-2H3,(H2,21,27)(H,23,26). The van der Waals surface area contributed by atoms with Crippen LogP contribution in [-0.2, 0) is 4.79 Å². The number of primary amides is 1. The lowest BCUT2D eigenvalue weighted by Gasteiger charge is -2.30. The van der Waals surface area contributed by atoms with Gasteiger partial charge >= 0.3 is 0 Å². The highest BCUT2D eigenvalue weighted by Crippen LogP contribution is 2.41. The second-order valence-corrected chi connectivity index (χ2v) is 7.64. The molecule has 142 valence electrons. The van der Waals surface area contributed by atoms with Crippen molar-refractivity contribution in [2.45, 2.75) is 45.1 Å². The third-order valence-electron chi connectivity index (χ3n) is 5.53. The molecule has 0 spiro atoms. The van der Waals surface area contributed by atoms with Crippen molar-refractivity contribution >= 4 is 23.2 Å². The van der Waals surface area contributed by atoms with Gasteiger partial charge in [-0.3, -0.25) is 9.59 Å². The Bertz CT molecular complexity index is 896. The first-order valence-corrected chi connectivity index (χ1v) is 9.50. The molecule has 0 bridgehead atoms. The summed E-state index contributed by atoms with van der Waals surface area (Å²) in [4.78, 5) is 31.1. The normalized spacial score (nSPS) is 19.3. The van der Waals surface area contributed by atoms with E-state index in [1.54, 1.807) is 6.33 Å². The van der Waals surface area contributed by atoms with Gasteiger partial charge < -0.3 is 20.5 Å². The van der Waals surface area contributed by atoms with E-state index in [9.17, 15) is 9.59 Å². The molecule has 27 heavy (non-hydrogen) atoms. The number of rotatable bonds is 4. The molecule has 7 heteroatoms. The number of nitrogens with one attached hydrogen (secondary N) is 1. The Hall–Kier alpha value is -2.83. The molecule has 2 aromatic rings. The summed E-state index contributed by atoms with van der Waals surface area (Å²) >= 11 is 0. The SMILES string of the molecule is CC(C)n1cncc1C1CC(=O)Nc2cc(N3CCCC3)c(C(N)=O)cc21. The van der Waals surface area contributed by atoms with Gasteiger partial charge in [0.25, 0.3) is 5.91 Å². The summed E-state index contributed by atoms with van der Waals surface area (Å²) in [6, 6.07) is 4.02. The summed E-state index contributed by atoms with van der Waals surface area (Å²) in [5.41, 5.74) is 9.72. The van der Waals surface area contributed by atoms with Crippen molar-refractivity contribution in [3.63, 3.8) is 0 Å². The van der Waals surface area contributed by atoms with E-state index in [0.29, 0.717) is 12.0 Å². The number of hydrogen-bond donors (Lipinski definition) is 2. The molecule has 1 atom stereocenters. The average molecular weight is 367 g/mol. The zero-order valence-electron chi connectivity index (χ0n) is 15.7. The molecule has 1 saturated heterocycles. The summed E-state index contributed by atoms with van der Waals surface area (Å²) in [5.74, 6) is -0.611. The van der Waals surface area contributed by atoms with Crippen LogP contribution >= 0.6 is 0 Å². The lowest BCUT2D eigenvalue weighted by molar-refractivity contribution is -0.116. The Labute approximate surface area is 158 Å². The van der Waals surface area contributed by atoms with Gasteiger partial charge in [-0.25, -0.2) is 4.98 Å². The van der Waals surface area contributed by atoms with Crippen molar-refractivity contribution in [3.05, 3.63) is 41.5 Å². The van der Waals surface area contributed by atoms with Crippen molar-refractivity contribution in [3.8, 4) is 0 Å². The van der Waals surface area contributed by atoms with Crippen LogP contribution in [0.15, 0.2) is 24.7 Å².